The van der Waals surface area contributed by atoms with E-state index in [9.17, 15) is 9.59 Å². The van der Waals surface area contributed by atoms with Gasteiger partial charge in [0.1, 0.15) is 11.9 Å². The summed E-state index contributed by atoms with van der Waals surface area (Å²) in [5.41, 5.74) is 1.62. The zero-order valence-corrected chi connectivity index (χ0v) is 17.8. The summed E-state index contributed by atoms with van der Waals surface area (Å²) >= 11 is 0. The van der Waals surface area contributed by atoms with Crippen molar-refractivity contribution in [1.82, 2.24) is 20.1 Å². The zero-order valence-electron chi connectivity index (χ0n) is 17.8. The van der Waals surface area contributed by atoms with Gasteiger partial charge in [-0.3, -0.25) is 9.59 Å². The minimum absolute atomic E-state index is 0.0929. The highest BCUT2D eigenvalue weighted by Gasteiger charge is 2.26. The minimum Gasteiger partial charge on any atom is -0.459 e. The van der Waals surface area contributed by atoms with E-state index in [1.165, 1.54) is 12.7 Å². The lowest BCUT2D eigenvalue weighted by atomic mass is 10.0. The van der Waals surface area contributed by atoms with Crippen molar-refractivity contribution in [3.05, 3.63) is 54.2 Å². The molecule has 1 atom stereocenters. The van der Waals surface area contributed by atoms with Crippen LogP contribution in [0.5, 0.6) is 0 Å². The van der Waals surface area contributed by atoms with E-state index < -0.39 is 11.9 Å². The number of benzene rings is 1. The predicted molar refractivity (Wildman–Crippen MR) is 116 cm³/mol. The maximum absolute atomic E-state index is 12.8. The second-order valence-corrected chi connectivity index (χ2v) is 8.14. The van der Waals surface area contributed by atoms with E-state index >= 15 is 0 Å². The normalized spacial score (nSPS) is 14.5. The Morgan fingerprint density at radius 1 is 1.06 bits per heavy atom. The summed E-state index contributed by atoms with van der Waals surface area (Å²) in [6.45, 7) is 4.70. The van der Waals surface area contributed by atoms with Gasteiger partial charge in [-0.15, -0.1) is 10.2 Å². The predicted octanol–water partition coefficient (Wildman–Crippen LogP) is 3.66. The lowest BCUT2D eigenvalue weighted by Crippen LogP contribution is -2.47. The molecule has 0 unspecified atom stereocenters. The highest BCUT2D eigenvalue weighted by molar-refractivity contribution is 6.00. The molecule has 0 bridgehead atoms. The highest BCUT2D eigenvalue weighted by Crippen LogP contribution is 2.24. The van der Waals surface area contributed by atoms with E-state index in [0.717, 1.165) is 43.0 Å². The second kappa shape index (κ2) is 9.16. The van der Waals surface area contributed by atoms with Gasteiger partial charge in [0, 0.05) is 24.2 Å². The molecule has 2 N–H and O–H groups in total. The summed E-state index contributed by atoms with van der Waals surface area (Å²) in [5.74, 6) is 1.29. The Morgan fingerprint density at radius 3 is 2.58 bits per heavy atom. The van der Waals surface area contributed by atoms with Gasteiger partial charge in [0.2, 0.25) is 5.91 Å². The van der Waals surface area contributed by atoms with Crippen molar-refractivity contribution >= 4 is 17.5 Å². The standard InChI is InChI=1S/C23H27N5O3/c1-15(2)20(25-22(29)18-7-6-14-31-18)23(30)24-17-11-9-16(10-12-17)21-27-26-19-8-4-3-5-13-28(19)21/h6-7,9-12,14-15,20H,3-5,8,13H2,1-2H3,(H,24,30)(H,25,29)/t20-/m0/s1. The summed E-state index contributed by atoms with van der Waals surface area (Å²) in [6.07, 6.45) is 5.88. The van der Waals surface area contributed by atoms with E-state index in [1.807, 2.05) is 38.1 Å². The molecule has 4 rings (SSSR count). The topological polar surface area (TPSA) is 102 Å². The number of nitrogens with one attached hydrogen (secondary N) is 2. The van der Waals surface area contributed by atoms with Crippen LogP contribution >= 0.6 is 0 Å². The molecule has 31 heavy (non-hydrogen) atoms. The van der Waals surface area contributed by atoms with E-state index in [1.54, 1.807) is 12.1 Å². The Bertz CT molecular complexity index is 1040. The van der Waals surface area contributed by atoms with Gasteiger partial charge in [0.15, 0.2) is 11.6 Å². The smallest absolute Gasteiger partial charge is 0.287 e. The number of carbonyl (C=O) groups is 2. The molecule has 8 heteroatoms. The van der Waals surface area contributed by atoms with Gasteiger partial charge in [-0.25, -0.2) is 0 Å². The van der Waals surface area contributed by atoms with Crippen molar-refractivity contribution in [3.63, 3.8) is 0 Å². The van der Waals surface area contributed by atoms with Gasteiger partial charge in [-0.1, -0.05) is 20.3 Å². The number of aryl methyl sites for hydroxylation is 1. The molecule has 2 amide bonds. The monoisotopic (exact) mass is 421 g/mol. The lowest BCUT2D eigenvalue weighted by molar-refractivity contribution is -0.118. The largest absolute Gasteiger partial charge is 0.459 e. The minimum atomic E-state index is -0.690. The number of furan rings is 1. The van der Waals surface area contributed by atoms with Crippen molar-refractivity contribution in [2.75, 3.05) is 5.32 Å². The van der Waals surface area contributed by atoms with Crippen molar-refractivity contribution < 1.29 is 14.0 Å². The molecule has 3 aromatic rings. The van der Waals surface area contributed by atoms with Crippen LogP contribution in [-0.4, -0.2) is 32.6 Å². The van der Waals surface area contributed by atoms with E-state index in [-0.39, 0.29) is 17.6 Å². The molecule has 0 aliphatic carbocycles. The van der Waals surface area contributed by atoms with Crippen LogP contribution in [0.3, 0.4) is 0 Å². The van der Waals surface area contributed by atoms with Gasteiger partial charge in [-0.2, -0.15) is 0 Å². The number of amides is 2. The maximum atomic E-state index is 12.8. The summed E-state index contributed by atoms with van der Waals surface area (Å²) in [6, 6.07) is 10.1. The molecule has 1 aliphatic rings. The third kappa shape index (κ3) is 4.68. The van der Waals surface area contributed by atoms with Crippen LogP contribution < -0.4 is 10.6 Å². The van der Waals surface area contributed by atoms with Crippen molar-refractivity contribution in [3.8, 4) is 11.4 Å². The van der Waals surface area contributed by atoms with Gasteiger partial charge < -0.3 is 19.6 Å². The Labute approximate surface area is 181 Å². The first kappa shape index (κ1) is 20.8. The quantitative estimate of drug-likeness (QED) is 0.632. The molecule has 0 saturated heterocycles. The highest BCUT2D eigenvalue weighted by atomic mass is 16.3. The first-order chi connectivity index (χ1) is 15.0. The molecule has 0 fully saturated rings. The Balaban J connectivity index is 1.45. The van der Waals surface area contributed by atoms with Gasteiger partial charge in [-0.05, 0) is 55.2 Å². The fraction of sp³-hybridized carbons (Fsp3) is 0.391. The number of rotatable bonds is 6. The molecule has 1 aliphatic heterocycles. The molecule has 8 nitrogen and oxygen atoms in total. The zero-order chi connectivity index (χ0) is 21.8. The van der Waals surface area contributed by atoms with Crippen LogP contribution in [0.2, 0.25) is 0 Å². The van der Waals surface area contributed by atoms with Gasteiger partial charge in [0.25, 0.3) is 5.91 Å². The third-order valence-electron chi connectivity index (χ3n) is 5.50. The number of fused-ring (bicyclic) bond motifs is 1. The number of hydrogen-bond donors (Lipinski definition) is 2. The number of aromatic nitrogens is 3. The number of carbonyl (C=O) groups excluding carboxylic acids is 2. The second-order valence-electron chi connectivity index (χ2n) is 8.14. The molecular weight excluding hydrogens is 394 g/mol. The molecule has 0 radical (unpaired) electrons. The van der Waals surface area contributed by atoms with Gasteiger partial charge >= 0.3 is 0 Å². The number of nitrogens with zero attached hydrogens (tertiary/aromatic N) is 3. The Morgan fingerprint density at radius 2 is 1.87 bits per heavy atom. The van der Waals surface area contributed by atoms with E-state index in [4.69, 9.17) is 4.42 Å². The molecule has 2 aromatic heterocycles. The van der Waals surface area contributed by atoms with Crippen molar-refractivity contribution in [2.24, 2.45) is 5.92 Å². The van der Waals surface area contributed by atoms with Crippen LogP contribution in [0, 0.1) is 5.92 Å². The molecular formula is C23H27N5O3. The summed E-state index contributed by atoms with van der Waals surface area (Å²) in [4.78, 5) is 25.1. The fourth-order valence-electron chi connectivity index (χ4n) is 3.78. The van der Waals surface area contributed by atoms with Gasteiger partial charge in [0.05, 0.1) is 6.26 Å². The van der Waals surface area contributed by atoms with Crippen LogP contribution in [0.25, 0.3) is 11.4 Å². The number of hydrogen-bond acceptors (Lipinski definition) is 5. The Kier molecular flexibility index (Phi) is 6.16. The maximum Gasteiger partial charge on any atom is 0.287 e. The molecule has 1 aromatic carbocycles. The van der Waals surface area contributed by atoms with Crippen molar-refractivity contribution in [2.45, 2.75) is 52.1 Å². The molecule has 0 saturated carbocycles. The third-order valence-corrected chi connectivity index (χ3v) is 5.50. The average Bonchev–Trinajstić information content (AvgIpc) is 3.38. The average molecular weight is 422 g/mol. The summed E-state index contributed by atoms with van der Waals surface area (Å²) in [5, 5.41) is 14.4. The van der Waals surface area contributed by atoms with Crippen LogP contribution in [-0.2, 0) is 17.8 Å². The molecule has 0 spiro atoms. The van der Waals surface area contributed by atoms with Crippen molar-refractivity contribution in [1.29, 1.82) is 0 Å². The summed E-state index contributed by atoms with van der Waals surface area (Å²) < 4.78 is 7.31. The molecule has 162 valence electrons. The van der Waals surface area contributed by atoms with Crippen LogP contribution in [0.4, 0.5) is 5.69 Å². The SMILES string of the molecule is CC(C)[C@H](NC(=O)c1ccco1)C(=O)Nc1ccc(-c2nnc3n2CCCCC3)cc1. The van der Waals surface area contributed by atoms with Crippen LogP contribution in [0.15, 0.2) is 47.1 Å². The summed E-state index contributed by atoms with van der Waals surface area (Å²) in [7, 11) is 0. The fourth-order valence-corrected chi connectivity index (χ4v) is 3.78. The van der Waals surface area contributed by atoms with Crippen LogP contribution in [0.1, 0.15) is 49.5 Å². The van der Waals surface area contributed by atoms with E-state index in [0.29, 0.717) is 5.69 Å². The number of anilines is 1. The molecule has 3 heterocycles. The lowest BCUT2D eigenvalue weighted by Gasteiger charge is -2.21. The van der Waals surface area contributed by atoms with E-state index in [2.05, 4.69) is 25.4 Å². The first-order valence-corrected chi connectivity index (χ1v) is 10.7. The first-order valence-electron chi connectivity index (χ1n) is 10.7. The Hall–Kier alpha value is -3.42.